The number of nitrogens with zero attached hydrogens (tertiary/aromatic N) is 3. The largest absolute Gasteiger partial charge is 0.391 e. The van der Waals surface area contributed by atoms with Gasteiger partial charge in [0.1, 0.15) is 5.69 Å². The number of fused-ring (bicyclic) bond motifs is 1. The van der Waals surface area contributed by atoms with Crippen LogP contribution in [0.1, 0.15) is 40.0 Å². The standard InChI is InChI=1S/C23H22N4O2S/c1-14-13-30-22-16(11-15-3-5-17(6-4-15)27-10-2-9-24-27)12-19(25-21(14)22)23(29)26-18-7-8-20(18)28/h2-6,9-10,12-13,18,20,28H,7-8,11H2,1H3,(H,26,29)/t18-,20-/m0/s1. The SMILES string of the molecule is Cc1csc2c(Cc3ccc(-n4cccn4)cc3)cc(C(=O)N[C@H]3CC[C@@H]3O)nc12. The van der Waals surface area contributed by atoms with Crippen LogP contribution in [0.25, 0.3) is 15.9 Å². The fourth-order valence-corrected chi connectivity index (χ4v) is 4.74. The Hall–Kier alpha value is -3.03. The Balaban J connectivity index is 1.45. The van der Waals surface area contributed by atoms with Crippen molar-refractivity contribution in [2.75, 3.05) is 0 Å². The molecule has 5 rings (SSSR count). The number of hydrogen-bond acceptors (Lipinski definition) is 5. The normalized spacial score (nSPS) is 18.3. The highest BCUT2D eigenvalue weighted by Gasteiger charge is 2.30. The number of aliphatic hydroxyl groups excluding tert-OH is 1. The molecule has 6 nitrogen and oxygen atoms in total. The fourth-order valence-electron chi connectivity index (χ4n) is 3.74. The minimum atomic E-state index is -0.451. The van der Waals surface area contributed by atoms with E-state index in [0.717, 1.165) is 45.4 Å². The van der Waals surface area contributed by atoms with Gasteiger partial charge in [-0.3, -0.25) is 4.79 Å². The van der Waals surface area contributed by atoms with Crippen LogP contribution in [0.15, 0.2) is 54.2 Å². The first-order chi connectivity index (χ1) is 14.6. The van der Waals surface area contributed by atoms with Gasteiger partial charge in [-0.25, -0.2) is 9.67 Å². The average Bonchev–Trinajstić information content (AvgIpc) is 3.42. The predicted molar refractivity (Wildman–Crippen MR) is 117 cm³/mol. The Bertz CT molecular complexity index is 1200. The molecule has 1 aliphatic carbocycles. The van der Waals surface area contributed by atoms with Gasteiger partial charge in [-0.1, -0.05) is 12.1 Å². The van der Waals surface area contributed by atoms with E-state index in [1.165, 1.54) is 0 Å². The Morgan fingerprint density at radius 3 is 2.80 bits per heavy atom. The number of aliphatic hydroxyl groups is 1. The average molecular weight is 419 g/mol. The molecule has 3 aromatic heterocycles. The zero-order chi connectivity index (χ0) is 20.7. The number of rotatable bonds is 5. The molecular weight excluding hydrogens is 396 g/mol. The van der Waals surface area contributed by atoms with E-state index in [-0.39, 0.29) is 11.9 Å². The molecule has 1 fully saturated rings. The number of thiophene rings is 1. The maximum absolute atomic E-state index is 12.8. The van der Waals surface area contributed by atoms with E-state index in [0.29, 0.717) is 12.1 Å². The molecule has 7 heteroatoms. The van der Waals surface area contributed by atoms with Crippen molar-refractivity contribution in [2.24, 2.45) is 0 Å². The van der Waals surface area contributed by atoms with E-state index in [2.05, 4.69) is 32.9 Å². The van der Waals surface area contributed by atoms with Crippen molar-refractivity contribution in [3.63, 3.8) is 0 Å². The van der Waals surface area contributed by atoms with E-state index in [9.17, 15) is 9.90 Å². The molecule has 0 unspecified atom stereocenters. The lowest BCUT2D eigenvalue weighted by atomic mass is 9.89. The van der Waals surface area contributed by atoms with Crippen LogP contribution in [0.5, 0.6) is 0 Å². The van der Waals surface area contributed by atoms with Crippen molar-refractivity contribution < 1.29 is 9.90 Å². The van der Waals surface area contributed by atoms with Gasteiger partial charge >= 0.3 is 0 Å². The van der Waals surface area contributed by atoms with Crippen LogP contribution in [0.2, 0.25) is 0 Å². The molecule has 1 aliphatic rings. The topological polar surface area (TPSA) is 80.0 Å². The van der Waals surface area contributed by atoms with Gasteiger partial charge in [0.15, 0.2) is 0 Å². The first-order valence-electron chi connectivity index (χ1n) is 10.0. The van der Waals surface area contributed by atoms with Gasteiger partial charge in [-0.15, -0.1) is 11.3 Å². The molecule has 1 amide bonds. The monoisotopic (exact) mass is 418 g/mol. The fraction of sp³-hybridized carbons (Fsp3) is 0.261. The number of hydrogen-bond donors (Lipinski definition) is 2. The number of amides is 1. The number of pyridine rings is 1. The second-order valence-electron chi connectivity index (χ2n) is 7.78. The third-order valence-electron chi connectivity index (χ3n) is 5.66. The van der Waals surface area contributed by atoms with Crippen molar-refractivity contribution in [3.05, 3.63) is 76.6 Å². The summed E-state index contributed by atoms with van der Waals surface area (Å²) in [5.74, 6) is -0.221. The summed E-state index contributed by atoms with van der Waals surface area (Å²) in [5.41, 5.74) is 5.61. The molecule has 0 spiro atoms. The van der Waals surface area contributed by atoms with Crippen molar-refractivity contribution >= 4 is 27.5 Å². The number of benzene rings is 1. The molecule has 2 N–H and O–H groups in total. The number of carbonyl (C=O) groups excluding carboxylic acids is 1. The zero-order valence-corrected chi connectivity index (χ0v) is 17.4. The Kier molecular flexibility index (Phi) is 4.84. The quantitative estimate of drug-likeness (QED) is 0.519. The van der Waals surface area contributed by atoms with E-state index < -0.39 is 6.10 Å². The van der Waals surface area contributed by atoms with E-state index in [4.69, 9.17) is 0 Å². The highest BCUT2D eigenvalue weighted by molar-refractivity contribution is 7.17. The van der Waals surface area contributed by atoms with Crippen molar-refractivity contribution in [3.8, 4) is 5.69 Å². The van der Waals surface area contributed by atoms with Gasteiger partial charge in [0.05, 0.1) is 28.0 Å². The van der Waals surface area contributed by atoms with Gasteiger partial charge in [0, 0.05) is 12.4 Å². The lowest BCUT2D eigenvalue weighted by Gasteiger charge is -2.32. The molecule has 1 saturated carbocycles. The number of carbonyl (C=O) groups is 1. The molecule has 0 bridgehead atoms. The summed E-state index contributed by atoms with van der Waals surface area (Å²) < 4.78 is 2.94. The molecule has 0 aliphatic heterocycles. The van der Waals surface area contributed by atoms with Crippen LogP contribution in [0.4, 0.5) is 0 Å². The predicted octanol–water partition coefficient (Wildman–Crippen LogP) is 3.63. The van der Waals surface area contributed by atoms with Crippen molar-refractivity contribution in [1.82, 2.24) is 20.1 Å². The van der Waals surface area contributed by atoms with E-state index in [1.54, 1.807) is 17.5 Å². The summed E-state index contributed by atoms with van der Waals surface area (Å²) in [4.78, 5) is 17.4. The van der Waals surface area contributed by atoms with E-state index >= 15 is 0 Å². The highest BCUT2D eigenvalue weighted by atomic mass is 32.1. The van der Waals surface area contributed by atoms with Gasteiger partial charge < -0.3 is 10.4 Å². The first kappa shape index (κ1) is 19.0. The van der Waals surface area contributed by atoms with Crippen LogP contribution in [0, 0.1) is 6.92 Å². The maximum Gasteiger partial charge on any atom is 0.270 e. The van der Waals surface area contributed by atoms with Gasteiger partial charge in [-0.05, 0) is 72.5 Å². The summed E-state index contributed by atoms with van der Waals surface area (Å²) in [6.07, 6.45) is 5.48. The second kappa shape index (κ2) is 7.66. The van der Waals surface area contributed by atoms with Crippen molar-refractivity contribution in [1.29, 1.82) is 0 Å². The minimum absolute atomic E-state index is 0.170. The second-order valence-corrected chi connectivity index (χ2v) is 8.66. The van der Waals surface area contributed by atoms with Crippen LogP contribution < -0.4 is 5.32 Å². The molecular formula is C23H22N4O2S. The van der Waals surface area contributed by atoms with Gasteiger partial charge in [-0.2, -0.15) is 5.10 Å². The summed E-state index contributed by atoms with van der Waals surface area (Å²) in [6, 6.07) is 11.9. The molecule has 4 aromatic rings. The molecule has 2 atom stereocenters. The minimum Gasteiger partial charge on any atom is -0.391 e. The molecule has 152 valence electrons. The molecule has 1 aromatic carbocycles. The summed E-state index contributed by atoms with van der Waals surface area (Å²) in [5, 5.41) is 19.0. The molecule has 0 saturated heterocycles. The Labute approximate surface area is 178 Å². The van der Waals surface area contributed by atoms with Crippen molar-refractivity contribution in [2.45, 2.75) is 38.3 Å². The molecule has 3 heterocycles. The van der Waals surface area contributed by atoms with Gasteiger partial charge in [0.2, 0.25) is 0 Å². The van der Waals surface area contributed by atoms with Crippen LogP contribution in [-0.4, -0.2) is 37.9 Å². The first-order valence-corrected chi connectivity index (χ1v) is 10.9. The van der Waals surface area contributed by atoms with Crippen LogP contribution >= 0.6 is 11.3 Å². The summed E-state index contributed by atoms with van der Waals surface area (Å²) in [7, 11) is 0. The Morgan fingerprint density at radius 1 is 1.30 bits per heavy atom. The van der Waals surface area contributed by atoms with E-state index in [1.807, 2.05) is 42.1 Å². The summed E-state index contributed by atoms with van der Waals surface area (Å²) in [6.45, 7) is 2.02. The number of nitrogens with one attached hydrogen (secondary N) is 1. The Morgan fingerprint density at radius 2 is 2.13 bits per heavy atom. The smallest absolute Gasteiger partial charge is 0.270 e. The third-order valence-corrected chi connectivity index (χ3v) is 6.83. The highest BCUT2D eigenvalue weighted by Crippen LogP contribution is 2.30. The number of aryl methyl sites for hydroxylation is 1. The van der Waals surface area contributed by atoms with Crippen LogP contribution in [-0.2, 0) is 6.42 Å². The number of aromatic nitrogens is 3. The third kappa shape index (κ3) is 3.51. The molecule has 30 heavy (non-hydrogen) atoms. The van der Waals surface area contributed by atoms with Gasteiger partial charge in [0.25, 0.3) is 5.91 Å². The zero-order valence-electron chi connectivity index (χ0n) is 16.6. The lowest BCUT2D eigenvalue weighted by molar-refractivity contribution is 0.0446. The summed E-state index contributed by atoms with van der Waals surface area (Å²) >= 11 is 1.66. The lowest BCUT2D eigenvalue weighted by Crippen LogP contribution is -2.50. The molecule has 0 radical (unpaired) electrons. The van der Waals surface area contributed by atoms with Crippen LogP contribution in [0.3, 0.4) is 0 Å². The maximum atomic E-state index is 12.8.